The summed E-state index contributed by atoms with van der Waals surface area (Å²) in [5.41, 5.74) is 0.726. The van der Waals surface area contributed by atoms with Gasteiger partial charge >= 0.3 is 5.97 Å². The van der Waals surface area contributed by atoms with Crippen LogP contribution < -0.4 is 0 Å². The lowest BCUT2D eigenvalue weighted by Crippen LogP contribution is -2.06. The molecule has 0 aliphatic carbocycles. The van der Waals surface area contributed by atoms with Crippen molar-refractivity contribution in [3.8, 4) is 0 Å². The highest BCUT2D eigenvalue weighted by atomic mass is 16.4. The van der Waals surface area contributed by atoms with Gasteiger partial charge in [0.25, 0.3) is 0 Å². The Bertz CT molecular complexity index is 337. The number of aryl methyl sites for hydroxylation is 2. The molecule has 4 nitrogen and oxygen atoms in total. The SMILES string of the molecule is CCCCc1ncc(C(=O)O)c(C)n1. The number of nitrogens with zero attached hydrogens (tertiary/aromatic N) is 2. The smallest absolute Gasteiger partial charge is 0.339 e. The first-order valence-electron chi connectivity index (χ1n) is 4.71. The van der Waals surface area contributed by atoms with Gasteiger partial charge in [0.15, 0.2) is 0 Å². The Labute approximate surface area is 83.0 Å². The van der Waals surface area contributed by atoms with Gasteiger partial charge < -0.3 is 5.11 Å². The first-order chi connectivity index (χ1) is 6.65. The van der Waals surface area contributed by atoms with Crippen LogP contribution in [0.4, 0.5) is 0 Å². The molecule has 0 amide bonds. The van der Waals surface area contributed by atoms with E-state index >= 15 is 0 Å². The third kappa shape index (κ3) is 2.52. The number of hydrogen-bond acceptors (Lipinski definition) is 3. The summed E-state index contributed by atoms with van der Waals surface area (Å²) in [6.45, 7) is 3.79. The van der Waals surface area contributed by atoms with E-state index in [1.54, 1.807) is 6.92 Å². The highest BCUT2D eigenvalue weighted by molar-refractivity contribution is 5.88. The predicted molar refractivity (Wildman–Crippen MR) is 52.3 cm³/mol. The van der Waals surface area contributed by atoms with Crippen LogP contribution in [0.3, 0.4) is 0 Å². The van der Waals surface area contributed by atoms with Crippen LogP contribution in [0.1, 0.15) is 41.6 Å². The second kappa shape index (κ2) is 4.69. The molecule has 14 heavy (non-hydrogen) atoms. The van der Waals surface area contributed by atoms with Gasteiger partial charge in [0.1, 0.15) is 5.82 Å². The molecule has 0 radical (unpaired) electrons. The monoisotopic (exact) mass is 194 g/mol. The van der Waals surface area contributed by atoms with Crippen LogP contribution in [0.25, 0.3) is 0 Å². The number of rotatable bonds is 4. The number of unbranched alkanes of at least 4 members (excludes halogenated alkanes) is 1. The van der Waals surface area contributed by atoms with Gasteiger partial charge in [-0.3, -0.25) is 0 Å². The zero-order valence-corrected chi connectivity index (χ0v) is 8.45. The summed E-state index contributed by atoms with van der Waals surface area (Å²) < 4.78 is 0. The Hall–Kier alpha value is -1.45. The van der Waals surface area contributed by atoms with Crippen molar-refractivity contribution in [2.24, 2.45) is 0 Å². The third-order valence-electron chi connectivity index (χ3n) is 2.01. The summed E-state index contributed by atoms with van der Waals surface area (Å²) in [5, 5.41) is 8.75. The second-order valence-corrected chi connectivity index (χ2v) is 3.19. The Balaban J connectivity index is 2.83. The number of aromatic nitrogens is 2. The van der Waals surface area contributed by atoms with Gasteiger partial charge in [-0.25, -0.2) is 14.8 Å². The molecular formula is C10H14N2O2. The predicted octanol–water partition coefficient (Wildman–Crippen LogP) is 1.83. The fraction of sp³-hybridized carbons (Fsp3) is 0.500. The van der Waals surface area contributed by atoms with Crippen molar-refractivity contribution in [1.82, 2.24) is 9.97 Å². The third-order valence-corrected chi connectivity index (χ3v) is 2.01. The number of carboxylic acid groups (broad SMARTS) is 1. The van der Waals surface area contributed by atoms with E-state index in [-0.39, 0.29) is 5.56 Å². The van der Waals surface area contributed by atoms with Crippen LogP contribution in [-0.4, -0.2) is 21.0 Å². The molecule has 1 aromatic rings. The molecular weight excluding hydrogens is 180 g/mol. The molecule has 0 unspecified atom stereocenters. The Morgan fingerprint density at radius 2 is 2.29 bits per heavy atom. The maximum Gasteiger partial charge on any atom is 0.339 e. The molecule has 0 atom stereocenters. The van der Waals surface area contributed by atoms with Gasteiger partial charge in [0.05, 0.1) is 11.3 Å². The number of carboxylic acids is 1. The van der Waals surface area contributed by atoms with E-state index in [0.29, 0.717) is 5.69 Å². The van der Waals surface area contributed by atoms with E-state index in [1.165, 1.54) is 6.20 Å². The Morgan fingerprint density at radius 1 is 1.57 bits per heavy atom. The first kappa shape index (κ1) is 10.6. The number of aromatic carboxylic acids is 1. The molecule has 0 saturated carbocycles. The normalized spacial score (nSPS) is 10.1. The summed E-state index contributed by atoms with van der Waals surface area (Å²) in [5.74, 6) is -0.237. The lowest BCUT2D eigenvalue weighted by molar-refractivity contribution is 0.0695. The minimum absolute atomic E-state index is 0.185. The van der Waals surface area contributed by atoms with Crippen LogP contribution in [-0.2, 0) is 6.42 Å². The maximum absolute atomic E-state index is 10.7. The van der Waals surface area contributed by atoms with Gasteiger partial charge in [0.2, 0.25) is 0 Å². The maximum atomic E-state index is 10.7. The van der Waals surface area contributed by atoms with Gasteiger partial charge in [-0.05, 0) is 13.3 Å². The Kier molecular flexibility index (Phi) is 3.56. The van der Waals surface area contributed by atoms with Crippen molar-refractivity contribution in [1.29, 1.82) is 0 Å². The van der Waals surface area contributed by atoms with Crippen molar-refractivity contribution in [3.05, 3.63) is 23.3 Å². The van der Waals surface area contributed by atoms with Crippen LogP contribution in [0.15, 0.2) is 6.20 Å². The standard InChI is InChI=1S/C10H14N2O2/c1-3-4-5-9-11-6-8(10(13)14)7(2)12-9/h6H,3-5H2,1-2H3,(H,13,14). The molecule has 1 heterocycles. The second-order valence-electron chi connectivity index (χ2n) is 3.19. The molecule has 0 aliphatic heterocycles. The quantitative estimate of drug-likeness (QED) is 0.794. The Morgan fingerprint density at radius 3 is 2.79 bits per heavy atom. The highest BCUT2D eigenvalue weighted by Gasteiger charge is 2.09. The van der Waals surface area contributed by atoms with Gasteiger partial charge in [-0.15, -0.1) is 0 Å². The average Bonchev–Trinajstić information content (AvgIpc) is 2.14. The van der Waals surface area contributed by atoms with E-state index in [9.17, 15) is 4.79 Å². The zero-order chi connectivity index (χ0) is 10.6. The van der Waals surface area contributed by atoms with Crippen LogP contribution in [0.2, 0.25) is 0 Å². The van der Waals surface area contributed by atoms with Crippen molar-refractivity contribution < 1.29 is 9.90 Å². The lowest BCUT2D eigenvalue weighted by Gasteiger charge is -2.02. The van der Waals surface area contributed by atoms with Crippen molar-refractivity contribution in [2.75, 3.05) is 0 Å². The van der Waals surface area contributed by atoms with Crippen LogP contribution >= 0.6 is 0 Å². The molecule has 1 N–H and O–H groups in total. The highest BCUT2D eigenvalue weighted by Crippen LogP contribution is 2.05. The van der Waals surface area contributed by atoms with Crippen molar-refractivity contribution in [2.45, 2.75) is 33.1 Å². The average molecular weight is 194 g/mol. The summed E-state index contributed by atoms with van der Waals surface area (Å²) in [6.07, 6.45) is 4.32. The summed E-state index contributed by atoms with van der Waals surface area (Å²) >= 11 is 0. The largest absolute Gasteiger partial charge is 0.478 e. The summed E-state index contributed by atoms with van der Waals surface area (Å²) in [6, 6.07) is 0. The van der Waals surface area contributed by atoms with Crippen molar-refractivity contribution in [3.63, 3.8) is 0 Å². The molecule has 0 fully saturated rings. The van der Waals surface area contributed by atoms with E-state index < -0.39 is 5.97 Å². The van der Waals surface area contributed by atoms with Crippen molar-refractivity contribution >= 4 is 5.97 Å². The molecule has 1 rings (SSSR count). The molecule has 76 valence electrons. The van der Waals surface area contributed by atoms with Crippen LogP contribution in [0, 0.1) is 6.92 Å². The first-order valence-corrected chi connectivity index (χ1v) is 4.71. The lowest BCUT2D eigenvalue weighted by atomic mass is 10.2. The fourth-order valence-electron chi connectivity index (χ4n) is 1.18. The number of carbonyl (C=O) groups is 1. The van der Waals surface area contributed by atoms with Gasteiger partial charge in [0, 0.05) is 12.6 Å². The molecule has 4 heteroatoms. The molecule has 0 aliphatic rings. The molecule has 0 saturated heterocycles. The topological polar surface area (TPSA) is 63.1 Å². The van der Waals surface area contributed by atoms with Gasteiger partial charge in [-0.2, -0.15) is 0 Å². The van der Waals surface area contributed by atoms with E-state index in [0.717, 1.165) is 25.1 Å². The molecule has 0 bridgehead atoms. The van der Waals surface area contributed by atoms with E-state index in [1.807, 2.05) is 0 Å². The summed E-state index contributed by atoms with van der Waals surface area (Å²) in [7, 11) is 0. The van der Waals surface area contributed by atoms with E-state index in [4.69, 9.17) is 5.11 Å². The molecule has 0 spiro atoms. The minimum atomic E-state index is -0.968. The van der Waals surface area contributed by atoms with Gasteiger partial charge in [-0.1, -0.05) is 13.3 Å². The fourth-order valence-corrected chi connectivity index (χ4v) is 1.18. The summed E-state index contributed by atoms with van der Waals surface area (Å²) in [4.78, 5) is 18.8. The van der Waals surface area contributed by atoms with E-state index in [2.05, 4.69) is 16.9 Å². The molecule has 1 aromatic heterocycles. The van der Waals surface area contributed by atoms with Crippen LogP contribution in [0.5, 0.6) is 0 Å². The minimum Gasteiger partial charge on any atom is -0.478 e. The number of hydrogen-bond donors (Lipinski definition) is 1. The molecule has 0 aromatic carbocycles. The zero-order valence-electron chi connectivity index (χ0n) is 8.45.